The van der Waals surface area contributed by atoms with Crippen LogP contribution in [-0.2, 0) is 18.4 Å². The van der Waals surface area contributed by atoms with Gasteiger partial charge < -0.3 is 34.6 Å². The average Bonchev–Trinajstić information content (AvgIpc) is 3.57. The van der Waals surface area contributed by atoms with Crippen molar-refractivity contribution in [2.75, 3.05) is 13.6 Å². The number of aliphatic hydroxyl groups is 1. The second kappa shape index (κ2) is 10.6. The Morgan fingerprint density at radius 2 is 2.02 bits per heavy atom. The van der Waals surface area contributed by atoms with Crippen molar-refractivity contribution in [2.45, 2.75) is 76.7 Å². The lowest BCUT2D eigenvalue weighted by Crippen LogP contribution is -2.64. The number of carbonyl (C=O) groups excluding carboxylic acids is 1. The van der Waals surface area contributed by atoms with Crippen LogP contribution in [0.15, 0.2) is 51.9 Å². The molecule has 1 saturated heterocycles. The van der Waals surface area contributed by atoms with Gasteiger partial charge in [0.2, 0.25) is 0 Å². The van der Waals surface area contributed by atoms with E-state index in [0.29, 0.717) is 16.9 Å². The van der Waals surface area contributed by atoms with Gasteiger partial charge in [-0.05, 0) is 110 Å². The zero-order valence-corrected chi connectivity index (χ0v) is 28.7. The van der Waals surface area contributed by atoms with Gasteiger partial charge in [0.15, 0.2) is 11.5 Å². The number of rotatable bonds is 5. The number of fused-ring (bicyclic) bond motifs is 1. The standard InChI is InChI=1S/C37H39BrN4O5/c1-17-12-18(2)40-36(46)24(17)16-39-35(45)22-13-28-26(38)8-10-42(28)32(20(22)4)19(3)21-15-30(44)33-31-23(21)14-27-25-6-7-29(43)34(47-33)37(25,31)9-11-41(27)5/h6-8,10,12-13,15,19,25,27,29,34,43-44H,9,11,14,16H2,1-5H3,(H,39,45)(H,40,46)/t19?,25-,27+,29-,34-,37-/m0/s1. The highest BCUT2D eigenvalue weighted by molar-refractivity contribution is 9.10. The third-order valence-electron chi connectivity index (χ3n) is 11.6. The lowest BCUT2D eigenvalue weighted by atomic mass is 9.52. The van der Waals surface area contributed by atoms with Gasteiger partial charge >= 0.3 is 0 Å². The summed E-state index contributed by atoms with van der Waals surface area (Å²) in [5, 5.41) is 25.7. The van der Waals surface area contributed by atoms with Crippen LogP contribution in [0.5, 0.6) is 11.5 Å². The first-order chi connectivity index (χ1) is 22.4. The molecule has 4 aromatic rings. The number of aromatic hydroxyl groups is 1. The van der Waals surface area contributed by atoms with Gasteiger partial charge in [0.25, 0.3) is 11.5 Å². The van der Waals surface area contributed by atoms with Gasteiger partial charge in [0.1, 0.15) is 12.2 Å². The van der Waals surface area contributed by atoms with E-state index in [9.17, 15) is 19.8 Å². The Balaban J connectivity index is 1.26. The SMILES string of the molecule is Cc1cc(C)c(CNC(=O)c2cc3c(Br)ccn3c(C(C)c3cc(O)c4c5c3C[C@@H]3[C@@H]6C=C[C@H](O)[C@H](O4)[C@]56CCN3C)c2C)c(=O)[nH]1. The Morgan fingerprint density at radius 1 is 1.23 bits per heavy atom. The highest BCUT2D eigenvalue weighted by Gasteiger charge is 2.64. The Kier molecular flexibility index (Phi) is 6.85. The number of piperidine rings is 1. The van der Waals surface area contributed by atoms with Crippen molar-refractivity contribution in [3.8, 4) is 11.5 Å². The maximum Gasteiger partial charge on any atom is 0.253 e. The molecule has 4 N–H and O–H groups in total. The van der Waals surface area contributed by atoms with E-state index < -0.39 is 17.6 Å². The fourth-order valence-corrected chi connectivity index (χ4v) is 9.78. The number of likely N-dealkylation sites (tertiary alicyclic amines) is 1. The minimum atomic E-state index is -0.748. The van der Waals surface area contributed by atoms with Crippen LogP contribution < -0.4 is 15.6 Å². The summed E-state index contributed by atoms with van der Waals surface area (Å²) in [4.78, 5) is 31.8. The van der Waals surface area contributed by atoms with Gasteiger partial charge in [0, 0.05) is 68.6 Å². The highest BCUT2D eigenvalue weighted by Crippen LogP contribution is 2.63. The lowest BCUT2D eigenvalue weighted by Gasteiger charge is -2.56. The molecular formula is C37H39BrN4O5. The molecule has 2 aliphatic carbocycles. The number of likely N-dealkylation sites (N-methyl/N-ethyl adjacent to an activating group) is 1. The molecule has 1 spiro atoms. The molecule has 4 aliphatic rings. The number of nitrogens with zero attached hydrogens (tertiary/aromatic N) is 2. The Bertz CT molecular complexity index is 2100. The fraction of sp³-hybridized carbons (Fsp3) is 0.405. The first-order valence-corrected chi connectivity index (χ1v) is 17.1. The number of carbonyl (C=O) groups is 1. The third kappa shape index (κ3) is 4.20. The van der Waals surface area contributed by atoms with Crippen molar-refractivity contribution in [3.05, 3.63) is 108 Å². The van der Waals surface area contributed by atoms with Crippen LogP contribution in [0.4, 0.5) is 0 Å². The number of aliphatic hydroxyl groups excluding tert-OH is 1. The van der Waals surface area contributed by atoms with Gasteiger partial charge in [-0.2, -0.15) is 0 Å². The quantitative estimate of drug-likeness (QED) is 0.220. The Morgan fingerprint density at radius 3 is 2.79 bits per heavy atom. The lowest BCUT2D eigenvalue weighted by molar-refractivity contribution is -0.0454. The van der Waals surface area contributed by atoms with Crippen LogP contribution in [0.25, 0.3) is 5.52 Å². The molecule has 1 unspecified atom stereocenters. The molecule has 0 radical (unpaired) electrons. The number of hydrogen-bond acceptors (Lipinski definition) is 6. The topological polar surface area (TPSA) is 119 Å². The number of aromatic nitrogens is 2. The zero-order valence-electron chi connectivity index (χ0n) is 27.1. The van der Waals surface area contributed by atoms with Crippen molar-refractivity contribution in [2.24, 2.45) is 5.92 Å². The molecule has 5 heterocycles. The maximum atomic E-state index is 13.9. The largest absolute Gasteiger partial charge is 0.504 e. The normalized spacial score (nSPS) is 26.3. The summed E-state index contributed by atoms with van der Waals surface area (Å²) >= 11 is 3.69. The van der Waals surface area contributed by atoms with Gasteiger partial charge in [-0.1, -0.05) is 19.1 Å². The monoisotopic (exact) mass is 698 g/mol. The van der Waals surface area contributed by atoms with E-state index in [-0.39, 0.29) is 41.6 Å². The molecule has 244 valence electrons. The van der Waals surface area contributed by atoms with Crippen LogP contribution in [0.2, 0.25) is 0 Å². The predicted octanol–water partition coefficient (Wildman–Crippen LogP) is 4.91. The molecule has 0 saturated carbocycles. The molecular weight excluding hydrogens is 660 g/mol. The number of phenols is 1. The van der Waals surface area contributed by atoms with Crippen LogP contribution in [0.3, 0.4) is 0 Å². The number of aromatic amines is 1. The first-order valence-electron chi connectivity index (χ1n) is 16.3. The highest BCUT2D eigenvalue weighted by atomic mass is 79.9. The molecule has 47 heavy (non-hydrogen) atoms. The Hall–Kier alpha value is -3.86. The van der Waals surface area contributed by atoms with E-state index in [0.717, 1.165) is 63.0 Å². The second-order valence-corrected chi connectivity index (χ2v) is 14.8. The third-order valence-corrected chi connectivity index (χ3v) is 12.2. The van der Waals surface area contributed by atoms with Crippen LogP contribution in [0, 0.1) is 26.7 Å². The van der Waals surface area contributed by atoms with Gasteiger partial charge in [0.05, 0.1) is 5.52 Å². The number of H-pyrrole nitrogens is 1. The van der Waals surface area contributed by atoms with E-state index in [1.54, 1.807) is 0 Å². The van der Waals surface area contributed by atoms with Crippen LogP contribution in [0.1, 0.15) is 74.4 Å². The van der Waals surface area contributed by atoms with Crippen LogP contribution >= 0.6 is 15.9 Å². The van der Waals surface area contributed by atoms with Gasteiger partial charge in [-0.15, -0.1) is 0 Å². The van der Waals surface area contributed by atoms with Crippen molar-refractivity contribution in [1.29, 1.82) is 0 Å². The van der Waals surface area contributed by atoms with E-state index >= 15 is 0 Å². The summed E-state index contributed by atoms with van der Waals surface area (Å²) in [5.41, 5.74) is 7.90. The molecule has 8 rings (SSSR count). The van der Waals surface area contributed by atoms with Gasteiger partial charge in [-0.3, -0.25) is 9.59 Å². The summed E-state index contributed by atoms with van der Waals surface area (Å²) in [6.07, 6.45) is 6.49. The summed E-state index contributed by atoms with van der Waals surface area (Å²) in [7, 11) is 2.18. The molecule has 10 heteroatoms. The number of aryl methyl sites for hydroxylation is 2. The van der Waals surface area contributed by atoms with E-state index in [2.05, 4.69) is 55.6 Å². The number of ether oxygens (including phenoxy) is 1. The minimum Gasteiger partial charge on any atom is -0.504 e. The molecule has 1 fully saturated rings. The summed E-state index contributed by atoms with van der Waals surface area (Å²) in [6, 6.07) is 7.84. The fourth-order valence-electron chi connectivity index (χ4n) is 9.35. The van der Waals surface area contributed by atoms with E-state index in [4.69, 9.17) is 4.74 Å². The molecule has 1 aromatic carbocycles. The number of halogens is 1. The average molecular weight is 700 g/mol. The molecule has 2 aliphatic heterocycles. The number of benzene rings is 1. The van der Waals surface area contributed by atoms with Gasteiger partial charge in [-0.25, -0.2) is 0 Å². The second-order valence-electron chi connectivity index (χ2n) is 14.0. The zero-order chi connectivity index (χ0) is 33.1. The maximum absolute atomic E-state index is 13.9. The number of hydrogen-bond donors (Lipinski definition) is 4. The number of nitrogens with one attached hydrogen (secondary N) is 2. The van der Waals surface area contributed by atoms with Crippen molar-refractivity contribution in [3.63, 3.8) is 0 Å². The van der Waals surface area contributed by atoms with Crippen molar-refractivity contribution >= 4 is 27.4 Å². The number of amides is 1. The molecule has 6 atom stereocenters. The van der Waals surface area contributed by atoms with Crippen molar-refractivity contribution < 1.29 is 19.7 Å². The van der Waals surface area contributed by atoms with E-state index in [1.807, 2.05) is 57.3 Å². The van der Waals surface area contributed by atoms with Crippen LogP contribution in [-0.4, -0.2) is 62.2 Å². The predicted molar refractivity (Wildman–Crippen MR) is 183 cm³/mol. The minimum absolute atomic E-state index is 0.0906. The summed E-state index contributed by atoms with van der Waals surface area (Å²) in [5.74, 6) is 0.310. The Labute approximate surface area is 281 Å². The number of pyridine rings is 2. The smallest absolute Gasteiger partial charge is 0.253 e. The summed E-state index contributed by atoms with van der Waals surface area (Å²) in [6.45, 7) is 8.82. The number of phenolic OH excluding ortho intramolecular Hbond substituents is 1. The molecule has 1 amide bonds. The molecule has 2 bridgehead atoms. The summed E-state index contributed by atoms with van der Waals surface area (Å²) < 4.78 is 9.46. The molecule has 3 aromatic heterocycles. The molecule has 9 nitrogen and oxygen atoms in total. The van der Waals surface area contributed by atoms with Crippen molar-refractivity contribution in [1.82, 2.24) is 19.6 Å². The van der Waals surface area contributed by atoms with E-state index in [1.165, 1.54) is 5.56 Å². The first kappa shape index (κ1) is 30.5.